The van der Waals surface area contributed by atoms with Crippen LogP contribution in [0.15, 0.2) is 66.3 Å². The van der Waals surface area contributed by atoms with Gasteiger partial charge in [-0.05, 0) is 85.6 Å². The number of anilines is 1. The molecule has 4 N–H and O–H groups in total. The van der Waals surface area contributed by atoms with Crippen molar-refractivity contribution in [2.24, 2.45) is 28.6 Å². The molecule has 44 heavy (non-hydrogen) atoms. The van der Waals surface area contributed by atoms with E-state index in [1.54, 1.807) is 30.4 Å². The molecule has 0 spiro atoms. The van der Waals surface area contributed by atoms with E-state index in [1.807, 2.05) is 37.3 Å². The number of ketones is 2. The molecule has 7 rings (SSSR count). The van der Waals surface area contributed by atoms with Gasteiger partial charge in [-0.1, -0.05) is 49.2 Å². The minimum Gasteiger partial charge on any atom is -0.489 e. The number of rotatable bonds is 6. The van der Waals surface area contributed by atoms with Crippen molar-refractivity contribution in [2.45, 2.75) is 70.2 Å². The molecule has 2 aromatic carbocycles. The minimum absolute atomic E-state index is 0.0123. The van der Waals surface area contributed by atoms with Crippen LogP contribution in [-0.2, 0) is 25.7 Å². The van der Waals surface area contributed by atoms with Gasteiger partial charge in [-0.3, -0.25) is 9.59 Å². The van der Waals surface area contributed by atoms with E-state index < -0.39 is 47.3 Å². The standard InChI is InChI=1S/C35H38ClNO7/c1-33-9-8-24(39)13-21(33)6-7-26-27-15-30-35(29(41)17-38,34(27,2)16-28(40)31(26)33)44-32(43-30)20-11-22(36)14-25(12-20)42-18-19-4-3-5-23(37)10-19/h3-5,8-14,26-28,30-32,38,40H,6-7,15-18,37H2,1-2H3/t26-,27?,28-,30+,31?,32+,33-,34-,35+/m0/s1. The third-order valence-corrected chi connectivity index (χ3v) is 11.5. The zero-order valence-electron chi connectivity index (χ0n) is 24.9. The zero-order chi connectivity index (χ0) is 31.0. The number of benzene rings is 2. The summed E-state index contributed by atoms with van der Waals surface area (Å²) in [6, 6.07) is 12.7. The highest BCUT2D eigenvalue weighted by molar-refractivity contribution is 6.30. The second kappa shape index (κ2) is 10.5. The zero-order valence-corrected chi connectivity index (χ0v) is 25.6. The van der Waals surface area contributed by atoms with Crippen molar-refractivity contribution < 1.29 is 34.0 Å². The number of fused-ring (bicyclic) bond motifs is 7. The Labute approximate surface area is 261 Å². The third-order valence-electron chi connectivity index (χ3n) is 11.3. The molecule has 2 unspecified atom stereocenters. The Morgan fingerprint density at radius 3 is 2.80 bits per heavy atom. The molecule has 0 bridgehead atoms. The molecule has 9 atom stereocenters. The van der Waals surface area contributed by atoms with Crippen molar-refractivity contribution in [1.82, 2.24) is 0 Å². The summed E-state index contributed by atoms with van der Waals surface area (Å²) in [5.41, 5.74) is 6.46. The minimum atomic E-state index is -1.44. The Hall–Kier alpha value is -3.01. The van der Waals surface area contributed by atoms with Crippen LogP contribution in [0, 0.1) is 28.6 Å². The SMILES string of the molecule is C[C@]12C=CC(=O)C=C1CC[C@@H]1C2[C@@H](O)C[C@@]2(C)C1C[C@H]1O[C@@H](c3cc(Cl)cc(OCc4cccc(N)c4)c3)O[C@]12C(=O)CO. The number of hydrogen-bond acceptors (Lipinski definition) is 8. The largest absolute Gasteiger partial charge is 0.489 e. The van der Waals surface area contributed by atoms with Crippen LogP contribution in [0.1, 0.15) is 56.9 Å². The van der Waals surface area contributed by atoms with Crippen molar-refractivity contribution in [2.75, 3.05) is 12.3 Å². The van der Waals surface area contributed by atoms with Gasteiger partial charge in [0.2, 0.25) is 0 Å². The molecular weight excluding hydrogens is 582 g/mol. The number of Topliss-reactive ketones (excluding diaryl/α,β-unsaturated/α-hetero) is 1. The normalized spacial score (nSPS) is 38.8. The van der Waals surface area contributed by atoms with Gasteiger partial charge < -0.3 is 30.2 Å². The Morgan fingerprint density at radius 1 is 1.20 bits per heavy atom. The van der Waals surface area contributed by atoms with Crippen molar-refractivity contribution in [1.29, 1.82) is 0 Å². The molecule has 4 aliphatic carbocycles. The second-order valence-corrected chi connectivity index (χ2v) is 14.0. The van der Waals surface area contributed by atoms with Gasteiger partial charge in [-0.25, -0.2) is 0 Å². The first-order chi connectivity index (χ1) is 21.0. The summed E-state index contributed by atoms with van der Waals surface area (Å²) in [4.78, 5) is 26.0. The van der Waals surface area contributed by atoms with Crippen molar-refractivity contribution in [3.8, 4) is 5.75 Å². The molecule has 4 fully saturated rings. The number of halogens is 1. The van der Waals surface area contributed by atoms with Crippen LogP contribution in [0.2, 0.25) is 5.02 Å². The lowest BCUT2D eigenvalue weighted by molar-refractivity contribution is -0.201. The molecule has 1 aliphatic heterocycles. The first-order valence-corrected chi connectivity index (χ1v) is 15.7. The summed E-state index contributed by atoms with van der Waals surface area (Å²) in [5.74, 6) is 0.0566. The van der Waals surface area contributed by atoms with Crippen LogP contribution in [0.5, 0.6) is 5.75 Å². The lowest BCUT2D eigenvalue weighted by atomic mass is 9.46. The first-order valence-electron chi connectivity index (χ1n) is 15.4. The predicted molar refractivity (Wildman–Crippen MR) is 164 cm³/mol. The molecule has 0 aromatic heterocycles. The average Bonchev–Trinajstić information content (AvgIpc) is 3.49. The van der Waals surface area contributed by atoms with Gasteiger partial charge in [0.1, 0.15) is 19.0 Å². The highest BCUT2D eigenvalue weighted by atomic mass is 35.5. The number of nitrogen functional groups attached to an aromatic ring is 1. The van der Waals surface area contributed by atoms with Crippen molar-refractivity contribution in [3.05, 3.63) is 82.4 Å². The monoisotopic (exact) mass is 619 g/mol. The molecule has 8 nitrogen and oxygen atoms in total. The van der Waals surface area contributed by atoms with Crippen LogP contribution < -0.4 is 10.5 Å². The van der Waals surface area contributed by atoms with Gasteiger partial charge in [0, 0.05) is 33.0 Å². The molecule has 1 saturated heterocycles. The highest BCUT2D eigenvalue weighted by Crippen LogP contribution is 2.70. The van der Waals surface area contributed by atoms with E-state index in [-0.39, 0.29) is 30.1 Å². The van der Waals surface area contributed by atoms with Crippen LogP contribution in [0.25, 0.3) is 0 Å². The maximum atomic E-state index is 13.8. The summed E-state index contributed by atoms with van der Waals surface area (Å²) in [5, 5.41) is 22.5. The van der Waals surface area contributed by atoms with E-state index in [0.29, 0.717) is 34.9 Å². The third kappa shape index (κ3) is 4.33. The van der Waals surface area contributed by atoms with Crippen LogP contribution in [-0.4, -0.2) is 46.2 Å². The maximum Gasteiger partial charge on any atom is 0.193 e. The molecule has 1 heterocycles. The van der Waals surface area contributed by atoms with Crippen molar-refractivity contribution in [3.63, 3.8) is 0 Å². The smallest absolute Gasteiger partial charge is 0.193 e. The van der Waals surface area contributed by atoms with Crippen molar-refractivity contribution >= 4 is 28.9 Å². The maximum absolute atomic E-state index is 13.8. The van der Waals surface area contributed by atoms with E-state index >= 15 is 0 Å². The summed E-state index contributed by atoms with van der Waals surface area (Å²) in [6.45, 7) is 3.72. The Kier molecular flexibility index (Phi) is 7.10. The molecule has 232 valence electrons. The van der Waals surface area contributed by atoms with E-state index in [0.717, 1.165) is 24.0 Å². The number of aliphatic hydroxyl groups is 2. The Balaban J connectivity index is 1.19. The lowest BCUT2D eigenvalue weighted by Crippen LogP contribution is -2.63. The number of nitrogens with two attached hydrogens (primary N) is 1. The summed E-state index contributed by atoms with van der Waals surface area (Å²) in [6.07, 6.45) is 5.46. The quantitative estimate of drug-likeness (QED) is 0.381. The molecule has 9 heteroatoms. The summed E-state index contributed by atoms with van der Waals surface area (Å²) in [7, 11) is 0. The van der Waals surface area contributed by atoms with Crippen LogP contribution in [0.3, 0.4) is 0 Å². The molecule has 0 radical (unpaired) electrons. The van der Waals surface area contributed by atoms with E-state index in [4.69, 9.17) is 31.5 Å². The Morgan fingerprint density at radius 2 is 2.02 bits per heavy atom. The summed E-state index contributed by atoms with van der Waals surface area (Å²) >= 11 is 6.51. The first kappa shape index (κ1) is 29.7. The molecule has 5 aliphatic rings. The summed E-state index contributed by atoms with van der Waals surface area (Å²) < 4.78 is 19.3. The molecule has 2 aromatic rings. The molecule has 3 saturated carbocycles. The predicted octanol–water partition coefficient (Wildman–Crippen LogP) is 5.10. The number of hydrogen-bond donors (Lipinski definition) is 3. The molecule has 0 amide bonds. The fourth-order valence-corrected chi connectivity index (χ4v) is 9.72. The van der Waals surface area contributed by atoms with E-state index in [2.05, 4.69) is 6.92 Å². The Bertz CT molecular complexity index is 1590. The second-order valence-electron chi connectivity index (χ2n) is 13.6. The van der Waals surface area contributed by atoms with Gasteiger partial charge in [-0.15, -0.1) is 0 Å². The van der Waals surface area contributed by atoms with Gasteiger partial charge in [0.05, 0.1) is 12.2 Å². The number of ether oxygens (including phenoxy) is 3. The van der Waals surface area contributed by atoms with Gasteiger partial charge >= 0.3 is 0 Å². The van der Waals surface area contributed by atoms with Gasteiger partial charge in [-0.2, -0.15) is 0 Å². The average molecular weight is 620 g/mol. The topological polar surface area (TPSA) is 128 Å². The van der Waals surface area contributed by atoms with E-state index in [1.165, 1.54) is 0 Å². The van der Waals surface area contributed by atoms with Crippen LogP contribution >= 0.6 is 11.6 Å². The van der Waals surface area contributed by atoms with E-state index in [9.17, 15) is 19.8 Å². The molecular formula is C35H38ClNO7. The fourth-order valence-electron chi connectivity index (χ4n) is 9.49. The van der Waals surface area contributed by atoms with Crippen LogP contribution in [0.4, 0.5) is 5.69 Å². The van der Waals surface area contributed by atoms with Gasteiger partial charge in [0.25, 0.3) is 0 Å². The number of allylic oxidation sites excluding steroid dienone is 4. The number of carbonyl (C=O) groups is 2. The lowest BCUT2D eigenvalue weighted by Gasteiger charge is -2.59. The number of aliphatic hydroxyl groups excluding tert-OH is 2. The fraction of sp³-hybridized carbons (Fsp3) is 0.486. The number of carbonyl (C=O) groups excluding carboxylic acids is 2. The van der Waals surface area contributed by atoms with Gasteiger partial charge in [0.15, 0.2) is 23.5 Å². The highest BCUT2D eigenvalue weighted by Gasteiger charge is 2.75.